The summed E-state index contributed by atoms with van der Waals surface area (Å²) in [6.07, 6.45) is 0. The molecule has 0 heterocycles. The molecular weight excluding hydrogens is 406 g/mol. The minimum atomic E-state index is -9.69. The standard InChI is InChI=1S/C16H13Cl2F5OS/c1-24-12-6-2-10(3-7-12)14-15(16(14,17)18)11-4-8-13(9-5-11)25(19,20,21,22)23/h2-9,14-15H,1H3. The molecule has 2 aromatic carbocycles. The largest absolute Gasteiger partial charge is 0.497 e. The van der Waals surface area contributed by atoms with Gasteiger partial charge in [-0.15, -0.1) is 23.2 Å². The highest BCUT2D eigenvalue weighted by molar-refractivity contribution is 8.45. The Kier molecular flexibility index (Phi) is 3.69. The summed E-state index contributed by atoms with van der Waals surface area (Å²) in [4.78, 5) is -1.93. The monoisotopic (exact) mass is 418 g/mol. The quantitative estimate of drug-likeness (QED) is 0.371. The van der Waals surface area contributed by atoms with E-state index in [9.17, 15) is 19.4 Å². The number of alkyl halides is 2. The molecule has 138 valence electrons. The molecule has 0 bridgehead atoms. The summed E-state index contributed by atoms with van der Waals surface area (Å²) in [6, 6.07) is 9.70. The predicted molar refractivity (Wildman–Crippen MR) is 90.8 cm³/mol. The highest BCUT2D eigenvalue weighted by Gasteiger charge is 2.66. The van der Waals surface area contributed by atoms with E-state index in [1.165, 1.54) is 7.11 Å². The molecule has 0 saturated heterocycles. The third-order valence-electron chi connectivity index (χ3n) is 4.21. The van der Waals surface area contributed by atoms with E-state index >= 15 is 0 Å². The van der Waals surface area contributed by atoms with Crippen LogP contribution in [0.3, 0.4) is 0 Å². The zero-order chi connectivity index (χ0) is 18.7. The van der Waals surface area contributed by atoms with Gasteiger partial charge in [-0.2, -0.15) is 0 Å². The molecule has 0 spiro atoms. The Morgan fingerprint density at radius 3 is 1.56 bits per heavy atom. The second-order valence-corrected chi connectivity index (χ2v) is 9.79. The number of halogens is 7. The van der Waals surface area contributed by atoms with E-state index in [1.54, 1.807) is 24.3 Å². The molecule has 2 atom stereocenters. The zero-order valence-electron chi connectivity index (χ0n) is 12.7. The Labute approximate surface area is 151 Å². The highest BCUT2D eigenvalue weighted by atomic mass is 35.5. The lowest BCUT2D eigenvalue weighted by Crippen LogP contribution is -2.05. The fourth-order valence-electron chi connectivity index (χ4n) is 2.90. The van der Waals surface area contributed by atoms with Gasteiger partial charge in [-0.1, -0.05) is 43.7 Å². The summed E-state index contributed by atoms with van der Waals surface area (Å²) >= 11 is 12.5. The van der Waals surface area contributed by atoms with Gasteiger partial charge in [0, 0.05) is 11.8 Å². The van der Waals surface area contributed by atoms with Crippen LogP contribution in [0.4, 0.5) is 19.4 Å². The first-order valence-electron chi connectivity index (χ1n) is 7.10. The van der Waals surface area contributed by atoms with Gasteiger partial charge in [0.1, 0.15) is 15.0 Å². The minimum Gasteiger partial charge on any atom is -0.497 e. The van der Waals surface area contributed by atoms with Gasteiger partial charge in [0.2, 0.25) is 0 Å². The number of rotatable bonds is 4. The lowest BCUT2D eigenvalue weighted by molar-refractivity contribution is 0.364. The second-order valence-electron chi connectivity index (χ2n) is 5.94. The van der Waals surface area contributed by atoms with Crippen LogP contribution in [0, 0.1) is 0 Å². The Balaban J connectivity index is 1.89. The molecule has 0 radical (unpaired) electrons. The SMILES string of the molecule is COc1ccc(C2C(c3ccc(S(F)(F)(F)(F)F)cc3)C2(Cl)Cl)cc1. The maximum absolute atomic E-state index is 12.8. The smallest absolute Gasteiger partial charge is 0.310 e. The van der Waals surface area contributed by atoms with E-state index in [-0.39, 0.29) is 5.92 Å². The summed E-state index contributed by atoms with van der Waals surface area (Å²) in [5.41, 5.74) is 1.16. The number of hydrogen-bond acceptors (Lipinski definition) is 1. The van der Waals surface area contributed by atoms with Crippen molar-refractivity contribution in [2.24, 2.45) is 0 Å². The molecule has 0 aliphatic heterocycles. The first-order valence-corrected chi connectivity index (χ1v) is 9.80. The molecule has 0 amide bonds. The van der Waals surface area contributed by atoms with E-state index in [0.29, 0.717) is 23.4 Å². The molecule has 1 saturated carbocycles. The fraction of sp³-hybridized carbons (Fsp3) is 0.250. The van der Waals surface area contributed by atoms with Gasteiger partial charge >= 0.3 is 10.2 Å². The predicted octanol–water partition coefficient (Wildman–Crippen LogP) is 7.41. The van der Waals surface area contributed by atoms with E-state index in [1.807, 2.05) is 0 Å². The van der Waals surface area contributed by atoms with Crippen LogP contribution in [0.15, 0.2) is 53.4 Å². The molecule has 2 aromatic rings. The van der Waals surface area contributed by atoms with Crippen LogP contribution in [0.2, 0.25) is 0 Å². The molecule has 1 fully saturated rings. The third-order valence-corrected chi connectivity index (χ3v) is 6.32. The lowest BCUT2D eigenvalue weighted by atomic mass is 10.0. The van der Waals surface area contributed by atoms with E-state index in [0.717, 1.165) is 17.7 Å². The van der Waals surface area contributed by atoms with Crippen LogP contribution in [-0.4, -0.2) is 11.4 Å². The summed E-state index contributed by atoms with van der Waals surface area (Å²) < 4.78 is 67.8. The summed E-state index contributed by atoms with van der Waals surface area (Å²) in [7, 11) is -8.17. The van der Waals surface area contributed by atoms with Gasteiger partial charge in [0.15, 0.2) is 0 Å². The van der Waals surface area contributed by atoms with Crippen LogP contribution in [0.1, 0.15) is 23.0 Å². The van der Waals surface area contributed by atoms with Crippen molar-refractivity contribution in [3.8, 4) is 5.75 Å². The third kappa shape index (κ3) is 3.55. The number of hydrogen-bond donors (Lipinski definition) is 0. The van der Waals surface area contributed by atoms with Crippen LogP contribution >= 0.6 is 33.4 Å². The molecule has 0 aromatic heterocycles. The molecule has 1 aliphatic rings. The van der Waals surface area contributed by atoms with Crippen LogP contribution in [-0.2, 0) is 0 Å². The maximum atomic E-state index is 12.8. The van der Waals surface area contributed by atoms with E-state index in [4.69, 9.17) is 27.9 Å². The van der Waals surface area contributed by atoms with Gasteiger partial charge in [0.25, 0.3) is 0 Å². The number of methoxy groups -OCH3 is 1. The Bertz CT molecular complexity index is 804. The molecular formula is C16H13Cl2F5OS. The molecule has 1 aliphatic carbocycles. The van der Waals surface area contributed by atoms with Crippen LogP contribution < -0.4 is 4.74 Å². The molecule has 0 N–H and O–H groups in total. The van der Waals surface area contributed by atoms with Crippen molar-refractivity contribution < 1.29 is 24.2 Å². The molecule has 9 heteroatoms. The van der Waals surface area contributed by atoms with Gasteiger partial charge < -0.3 is 4.74 Å². The maximum Gasteiger partial charge on any atom is 0.310 e. The summed E-state index contributed by atoms with van der Waals surface area (Å²) in [5, 5.41) is 0. The van der Waals surface area contributed by atoms with Crippen molar-refractivity contribution in [3.63, 3.8) is 0 Å². The summed E-state index contributed by atoms with van der Waals surface area (Å²) in [6.45, 7) is 0. The van der Waals surface area contributed by atoms with Crippen LogP contribution in [0.5, 0.6) is 5.75 Å². The molecule has 3 rings (SSSR count). The second kappa shape index (κ2) is 4.96. The first-order chi connectivity index (χ1) is 11.2. The van der Waals surface area contributed by atoms with Crippen molar-refractivity contribution >= 4 is 33.4 Å². The number of benzene rings is 2. The summed E-state index contributed by atoms with van der Waals surface area (Å²) in [5.74, 6) is -0.208. The number of ether oxygens (including phenoxy) is 1. The molecule has 25 heavy (non-hydrogen) atoms. The lowest BCUT2D eigenvalue weighted by Gasteiger charge is -2.40. The van der Waals surface area contributed by atoms with E-state index in [2.05, 4.69) is 0 Å². The fourth-order valence-corrected chi connectivity index (χ4v) is 4.43. The van der Waals surface area contributed by atoms with E-state index < -0.39 is 25.4 Å². The Hall–Kier alpha value is -1.18. The van der Waals surface area contributed by atoms with Gasteiger partial charge in [-0.25, -0.2) is 0 Å². The average molecular weight is 419 g/mol. The van der Waals surface area contributed by atoms with Crippen molar-refractivity contribution in [1.82, 2.24) is 0 Å². The van der Waals surface area contributed by atoms with Gasteiger partial charge in [0.05, 0.1) is 7.11 Å². The van der Waals surface area contributed by atoms with Gasteiger partial charge in [-0.05, 0) is 35.4 Å². The van der Waals surface area contributed by atoms with Crippen molar-refractivity contribution in [1.29, 1.82) is 0 Å². The normalized spacial score (nSPS) is 25.0. The molecule has 1 nitrogen and oxygen atoms in total. The highest BCUT2D eigenvalue weighted by Crippen LogP contribution is 3.02. The average Bonchev–Trinajstić information content (AvgIpc) is 3.08. The zero-order valence-corrected chi connectivity index (χ0v) is 15.1. The minimum absolute atomic E-state index is 0.354. The topological polar surface area (TPSA) is 9.23 Å². The van der Waals surface area contributed by atoms with Crippen molar-refractivity contribution in [2.75, 3.05) is 7.11 Å². The van der Waals surface area contributed by atoms with Crippen molar-refractivity contribution in [3.05, 3.63) is 59.7 Å². The molecule has 2 unspecified atom stereocenters. The Morgan fingerprint density at radius 2 is 1.20 bits per heavy atom. The Morgan fingerprint density at radius 1 is 0.800 bits per heavy atom. The van der Waals surface area contributed by atoms with Crippen molar-refractivity contribution in [2.45, 2.75) is 21.1 Å². The first kappa shape index (κ1) is 18.6. The van der Waals surface area contributed by atoms with Crippen LogP contribution in [0.25, 0.3) is 0 Å². The van der Waals surface area contributed by atoms with Gasteiger partial charge in [-0.3, -0.25) is 0 Å².